The van der Waals surface area contributed by atoms with Crippen LogP contribution in [0.2, 0.25) is 0 Å². The Balaban J connectivity index is 1.82. The summed E-state index contributed by atoms with van der Waals surface area (Å²) in [6, 6.07) is 9.73. The summed E-state index contributed by atoms with van der Waals surface area (Å²) in [4.78, 5) is 15.5. The van der Waals surface area contributed by atoms with Gasteiger partial charge in [-0.3, -0.25) is 10.1 Å². The molecule has 5 nitrogen and oxygen atoms in total. The Morgan fingerprint density at radius 1 is 1.35 bits per heavy atom. The van der Waals surface area contributed by atoms with Gasteiger partial charge in [-0.25, -0.2) is 0 Å². The maximum Gasteiger partial charge on any atom is 0.301 e. The minimum Gasteiger partial charge on any atom is -0.432 e. The van der Waals surface area contributed by atoms with Crippen molar-refractivity contribution < 1.29 is 9.21 Å². The molecule has 0 atom stereocenters. The van der Waals surface area contributed by atoms with Crippen LogP contribution in [0.1, 0.15) is 5.69 Å². The van der Waals surface area contributed by atoms with Crippen molar-refractivity contribution in [2.45, 2.75) is 6.92 Å². The number of hydrogen-bond acceptors (Lipinski definition) is 4. The van der Waals surface area contributed by atoms with Crippen LogP contribution in [0.3, 0.4) is 0 Å². The largest absolute Gasteiger partial charge is 0.432 e. The van der Waals surface area contributed by atoms with Crippen LogP contribution in [-0.4, -0.2) is 17.4 Å². The predicted octanol–water partition coefficient (Wildman–Crippen LogP) is 2.03. The molecule has 2 N–H and O–H groups in total. The van der Waals surface area contributed by atoms with Gasteiger partial charge in [-0.05, 0) is 19.1 Å². The number of aryl methyl sites for hydroxylation is 1. The number of amides is 1. The lowest BCUT2D eigenvalue weighted by Gasteiger charge is -2.04. The highest BCUT2D eigenvalue weighted by atomic mass is 16.4. The first-order valence-corrected chi connectivity index (χ1v) is 5.25. The Hall–Kier alpha value is -2.30. The molecular weight excluding hydrogens is 218 g/mol. The third-order valence-corrected chi connectivity index (χ3v) is 2.09. The van der Waals surface area contributed by atoms with E-state index in [1.165, 1.54) is 6.26 Å². The van der Waals surface area contributed by atoms with Crippen molar-refractivity contribution in [2.24, 2.45) is 0 Å². The van der Waals surface area contributed by atoms with Crippen molar-refractivity contribution >= 4 is 17.6 Å². The monoisotopic (exact) mass is 231 g/mol. The summed E-state index contributed by atoms with van der Waals surface area (Å²) >= 11 is 0. The normalized spacial score (nSPS) is 9.94. The van der Waals surface area contributed by atoms with Crippen LogP contribution in [-0.2, 0) is 4.79 Å². The van der Waals surface area contributed by atoms with Gasteiger partial charge in [0.2, 0.25) is 5.91 Å². The van der Waals surface area contributed by atoms with Crippen LogP contribution in [0.25, 0.3) is 0 Å². The average molecular weight is 231 g/mol. The number of benzene rings is 1. The zero-order valence-corrected chi connectivity index (χ0v) is 9.43. The molecule has 0 radical (unpaired) electrons. The lowest BCUT2D eigenvalue weighted by Crippen LogP contribution is -2.21. The number of para-hydroxylation sites is 1. The van der Waals surface area contributed by atoms with Crippen molar-refractivity contribution in [3.05, 3.63) is 42.3 Å². The van der Waals surface area contributed by atoms with Gasteiger partial charge in [0.15, 0.2) is 0 Å². The van der Waals surface area contributed by atoms with E-state index in [-0.39, 0.29) is 18.5 Å². The fourth-order valence-electron chi connectivity index (χ4n) is 1.31. The predicted molar refractivity (Wildman–Crippen MR) is 64.8 cm³/mol. The highest BCUT2D eigenvalue weighted by Crippen LogP contribution is 2.07. The summed E-state index contributed by atoms with van der Waals surface area (Å²) in [5, 5.41) is 5.54. The van der Waals surface area contributed by atoms with Gasteiger partial charge >= 0.3 is 6.01 Å². The number of carbonyl (C=O) groups is 1. The summed E-state index contributed by atoms with van der Waals surface area (Å²) in [5.74, 6) is -0.198. The van der Waals surface area contributed by atoms with E-state index in [2.05, 4.69) is 15.6 Å². The van der Waals surface area contributed by atoms with E-state index in [1.54, 1.807) is 6.92 Å². The molecule has 0 aliphatic rings. The molecule has 0 saturated carbocycles. The molecular formula is C12H13N3O2. The Kier molecular flexibility index (Phi) is 3.40. The summed E-state index contributed by atoms with van der Waals surface area (Å²) in [6.45, 7) is 1.97. The van der Waals surface area contributed by atoms with Crippen molar-refractivity contribution in [3.63, 3.8) is 0 Å². The Morgan fingerprint density at radius 3 is 2.76 bits per heavy atom. The van der Waals surface area contributed by atoms with E-state index in [0.29, 0.717) is 0 Å². The minimum atomic E-state index is -0.198. The van der Waals surface area contributed by atoms with Crippen LogP contribution >= 0.6 is 0 Å². The van der Waals surface area contributed by atoms with E-state index in [9.17, 15) is 4.79 Å². The van der Waals surface area contributed by atoms with Crippen LogP contribution in [0.5, 0.6) is 0 Å². The summed E-state index contributed by atoms with van der Waals surface area (Å²) in [7, 11) is 0. The second kappa shape index (κ2) is 5.16. The molecule has 2 aromatic rings. The van der Waals surface area contributed by atoms with E-state index in [1.807, 2.05) is 30.3 Å². The van der Waals surface area contributed by atoms with Crippen LogP contribution < -0.4 is 10.6 Å². The lowest BCUT2D eigenvalue weighted by molar-refractivity contribution is -0.114. The third-order valence-electron chi connectivity index (χ3n) is 2.09. The second-order valence-electron chi connectivity index (χ2n) is 3.56. The molecule has 0 bridgehead atoms. The van der Waals surface area contributed by atoms with E-state index < -0.39 is 0 Å². The van der Waals surface area contributed by atoms with Gasteiger partial charge in [-0.2, -0.15) is 4.98 Å². The second-order valence-corrected chi connectivity index (χ2v) is 3.56. The highest BCUT2D eigenvalue weighted by molar-refractivity contribution is 5.91. The minimum absolute atomic E-state index is 0.172. The molecule has 0 unspecified atom stereocenters. The van der Waals surface area contributed by atoms with Gasteiger partial charge in [0, 0.05) is 5.69 Å². The first-order valence-electron chi connectivity index (χ1n) is 5.25. The Bertz CT molecular complexity index is 493. The van der Waals surface area contributed by atoms with Crippen molar-refractivity contribution in [3.8, 4) is 0 Å². The SMILES string of the molecule is Cc1coc(NC(=O)CNc2ccccc2)n1. The Morgan fingerprint density at radius 2 is 2.12 bits per heavy atom. The molecule has 1 heterocycles. The average Bonchev–Trinajstić information content (AvgIpc) is 2.73. The van der Waals surface area contributed by atoms with Gasteiger partial charge < -0.3 is 9.73 Å². The molecule has 5 heteroatoms. The van der Waals surface area contributed by atoms with Gasteiger partial charge in [-0.15, -0.1) is 0 Å². The first kappa shape index (κ1) is 11.2. The molecule has 2 rings (SSSR count). The number of carbonyl (C=O) groups excluding carboxylic acids is 1. The number of anilines is 2. The number of aromatic nitrogens is 1. The van der Waals surface area contributed by atoms with Gasteiger partial charge in [0.25, 0.3) is 0 Å². The zero-order valence-electron chi connectivity index (χ0n) is 9.43. The molecule has 88 valence electrons. The molecule has 1 aromatic carbocycles. The summed E-state index contributed by atoms with van der Waals surface area (Å²) in [5.41, 5.74) is 1.63. The zero-order chi connectivity index (χ0) is 12.1. The number of nitrogens with one attached hydrogen (secondary N) is 2. The smallest absolute Gasteiger partial charge is 0.301 e. The summed E-state index contributed by atoms with van der Waals surface area (Å²) < 4.78 is 5.02. The fraction of sp³-hybridized carbons (Fsp3) is 0.167. The highest BCUT2D eigenvalue weighted by Gasteiger charge is 2.05. The maximum atomic E-state index is 11.5. The van der Waals surface area contributed by atoms with Crippen LogP contribution in [0, 0.1) is 6.92 Å². The fourth-order valence-corrected chi connectivity index (χ4v) is 1.31. The van der Waals surface area contributed by atoms with E-state index in [0.717, 1.165) is 11.4 Å². The molecule has 1 amide bonds. The molecule has 0 aliphatic heterocycles. The van der Waals surface area contributed by atoms with Crippen LogP contribution in [0.4, 0.5) is 11.7 Å². The Labute approximate surface area is 98.9 Å². The van der Waals surface area contributed by atoms with Crippen molar-refractivity contribution in [2.75, 3.05) is 17.2 Å². The number of rotatable bonds is 4. The summed E-state index contributed by atoms with van der Waals surface area (Å²) in [6.07, 6.45) is 1.49. The standard InChI is InChI=1S/C12H13N3O2/c1-9-8-17-12(14-9)15-11(16)7-13-10-5-3-2-4-6-10/h2-6,8,13H,7H2,1H3,(H,14,15,16). The first-order chi connectivity index (χ1) is 8.24. The lowest BCUT2D eigenvalue weighted by atomic mass is 10.3. The number of oxazole rings is 1. The van der Waals surface area contributed by atoms with Gasteiger partial charge in [0.1, 0.15) is 6.26 Å². The number of nitrogens with zero attached hydrogens (tertiary/aromatic N) is 1. The van der Waals surface area contributed by atoms with Gasteiger partial charge in [-0.1, -0.05) is 18.2 Å². The van der Waals surface area contributed by atoms with Crippen molar-refractivity contribution in [1.29, 1.82) is 0 Å². The molecule has 0 spiro atoms. The van der Waals surface area contributed by atoms with E-state index >= 15 is 0 Å². The quantitative estimate of drug-likeness (QED) is 0.844. The van der Waals surface area contributed by atoms with E-state index in [4.69, 9.17) is 4.42 Å². The molecule has 0 fully saturated rings. The maximum absolute atomic E-state index is 11.5. The third kappa shape index (κ3) is 3.34. The van der Waals surface area contributed by atoms with Crippen LogP contribution in [0.15, 0.2) is 41.0 Å². The molecule has 17 heavy (non-hydrogen) atoms. The van der Waals surface area contributed by atoms with Crippen molar-refractivity contribution in [1.82, 2.24) is 4.98 Å². The van der Waals surface area contributed by atoms with Gasteiger partial charge in [0.05, 0.1) is 12.2 Å². The number of hydrogen-bond donors (Lipinski definition) is 2. The topological polar surface area (TPSA) is 67.2 Å². The molecule has 0 saturated heterocycles. The molecule has 0 aliphatic carbocycles. The molecule has 1 aromatic heterocycles.